The topological polar surface area (TPSA) is 101 Å². The number of hydrogen-bond donors (Lipinski definition) is 1. The van der Waals surface area contributed by atoms with Crippen molar-refractivity contribution in [3.05, 3.63) is 46.3 Å². The Kier molecular flexibility index (Phi) is 7.77. The maximum absolute atomic E-state index is 15.2. The van der Waals surface area contributed by atoms with Crippen LogP contribution in [0.4, 0.5) is 10.1 Å². The molecule has 0 aliphatic carbocycles. The Morgan fingerprint density at radius 3 is 2.51 bits per heavy atom. The van der Waals surface area contributed by atoms with Gasteiger partial charge in [0.15, 0.2) is 23.1 Å². The molecule has 2 aliphatic heterocycles. The third kappa shape index (κ3) is 5.12. The summed E-state index contributed by atoms with van der Waals surface area (Å²) in [7, 11) is 2.76. The van der Waals surface area contributed by atoms with Crippen LogP contribution in [0.5, 0.6) is 17.2 Å². The van der Waals surface area contributed by atoms with Crippen molar-refractivity contribution in [3.63, 3.8) is 0 Å². The van der Waals surface area contributed by atoms with E-state index in [0.717, 1.165) is 5.56 Å². The Morgan fingerprint density at radius 2 is 1.90 bits per heavy atom. The number of amidine groups is 1. The smallest absolute Gasteiger partial charge is 0.328 e. The van der Waals surface area contributed by atoms with E-state index in [0.29, 0.717) is 35.7 Å². The van der Waals surface area contributed by atoms with Gasteiger partial charge in [-0.25, -0.2) is 9.18 Å². The first-order chi connectivity index (χ1) is 18.4. The molecule has 0 saturated heterocycles. The van der Waals surface area contributed by atoms with Crippen molar-refractivity contribution in [1.29, 1.82) is 5.41 Å². The minimum atomic E-state index is -0.684. The number of ether oxygens (including phenoxy) is 4. The monoisotopic (exact) mass is 541 g/mol. The van der Waals surface area contributed by atoms with Gasteiger partial charge in [-0.3, -0.25) is 10.2 Å². The molecule has 1 atom stereocenters. The highest BCUT2D eigenvalue weighted by Gasteiger charge is 2.35. The lowest BCUT2D eigenvalue weighted by Gasteiger charge is -2.37. The Hall–Kier alpha value is -3.82. The van der Waals surface area contributed by atoms with Crippen LogP contribution in [0, 0.1) is 11.2 Å². The van der Waals surface area contributed by atoms with Crippen molar-refractivity contribution in [2.24, 2.45) is 0 Å². The molecule has 9 nitrogen and oxygen atoms in total. The van der Waals surface area contributed by atoms with Gasteiger partial charge in [-0.1, -0.05) is 20.8 Å². The molecule has 210 valence electrons. The number of anilines is 1. The molecule has 0 radical (unpaired) electrons. The lowest BCUT2D eigenvalue weighted by atomic mass is 9.84. The molecule has 2 heterocycles. The van der Waals surface area contributed by atoms with Crippen molar-refractivity contribution in [1.82, 2.24) is 4.90 Å². The quantitative estimate of drug-likeness (QED) is 0.390. The molecular formula is C29H36FN3O6. The molecule has 0 bridgehead atoms. The summed E-state index contributed by atoms with van der Waals surface area (Å²) in [4.78, 5) is 29.7. The average molecular weight is 542 g/mol. The number of hydrogen-bond acceptors (Lipinski definition) is 8. The number of fused-ring (bicyclic) bond motifs is 2. The van der Waals surface area contributed by atoms with Gasteiger partial charge in [0.05, 0.1) is 45.2 Å². The molecule has 0 amide bonds. The predicted molar refractivity (Wildman–Crippen MR) is 145 cm³/mol. The highest BCUT2D eigenvalue weighted by atomic mass is 19.1. The molecule has 10 heteroatoms. The fraction of sp³-hybridized carbons (Fsp3) is 0.483. The van der Waals surface area contributed by atoms with Gasteiger partial charge in [0.2, 0.25) is 0 Å². The van der Waals surface area contributed by atoms with Crippen molar-refractivity contribution in [2.45, 2.75) is 52.6 Å². The highest BCUT2D eigenvalue weighted by Crippen LogP contribution is 2.43. The summed E-state index contributed by atoms with van der Waals surface area (Å²) >= 11 is 0. The van der Waals surface area contributed by atoms with Gasteiger partial charge >= 0.3 is 5.97 Å². The molecule has 1 N–H and O–H groups in total. The van der Waals surface area contributed by atoms with E-state index in [4.69, 9.17) is 24.4 Å². The summed E-state index contributed by atoms with van der Waals surface area (Å²) in [6.45, 7) is 10.8. The van der Waals surface area contributed by atoms with Crippen LogP contribution in [-0.2, 0) is 21.5 Å². The molecular weight excluding hydrogens is 505 g/mol. The third-order valence-corrected chi connectivity index (χ3v) is 7.12. The van der Waals surface area contributed by atoms with Gasteiger partial charge in [-0.15, -0.1) is 0 Å². The maximum Gasteiger partial charge on any atom is 0.328 e. The average Bonchev–Trinajstić information content (AvgIpc) is 3.21. The summed E-state index contributed by atoms with van der Waals surface area (Å²) in [6.07, 6.45) is 0. The molecule has 0 saturated carbocycles. The van der Waals surface area contributed by atoms with Crippen LogP contribution in [0.3, 0.4) is 0 Å². The highest BCUT2D eigenvalue weighted by molar-refractivity contribution is 6.06. The second kappa shape index (κ2) is 10.7. The number of benzene rings is 2. The van der Waals surface area contributed by atoms with Gasteiger partial charge in [-0.2, -0.15) is 0 Å². The largest absolute Gasteiger partial charge is 0.493 e. The molecule has 1 unspecified atom stereocenters. The number of ketones is 1. The van der Waals surface area contributed by atoms with E-state index in [1.54, 1.807) is 26.0 Å². The summed E-state index contributed by atoms with van der Waals surface area (Å²) < 4.78 is 36.9. The molecule has 2 aromatic rings. The second-order valence-corrected chi connectivity index (χ2v) is 10.7. The van der Waals surface area contributed by atoms with E-state index >= 15 is 4.39 Å². The Labute approximate surface area is 228 Å². The summed E-state index contributed by atoms with van der Waals surface area (Å²) in [5, 5.41) is 8.61. The van der Waals surface area contributed by atoms with E-state index in [1.807, 2.05) is 31.7 Å². The maximum atomic E-state index is 15.2. The van der Waals surface area contributed by atoms with Crippen molar-refractivity contribution < 1.29 is 32.9 Å². The standard InChI is InChI=1S/C29H36FN3O6/c1-8-38-28(35)16(2)33-9-10-39-25-19(29(3,4)5)11-17(12-20(25)33)21(34)15-32-14-18-13-22(36-6)26(37-7)24(30)23(18)27(32)31/h11-13,16,31H,8-10,14-15H2,1-7H3. The van der Waals surface area contributed by atoms with Crippen LogP contribution >= 0.6 is 0 Å². The number of esters is 1. The third-order valence-electron chi connectivity index (χ3n) is 7.12. The van der Waals surface area contributed by atoms with E-state index in [1.165, 1.54) is 19.1 Å². The fourth-order valence-corrected chi connectivity index (χ4v) is 5.08. The first kappa shape index (κ1) is 28.2. The molecule has 2 aromatic carbocycles. The van der Waals surface area contributed by atoms with E-state index in [9.17, 15) is 9.59 Å². The summed E-state index contributed by atoms with van der Waals surface area (Å²) in [5.41, 5.74) is 2.20. The zero-order valence-electron chi connectivity index (χ0n) is 23.6. The molecule has 0 spiro atoms. The number of halogens is 1. The predicted octanol–water partition coefficient (Wildman–Crippen LogP) is 4.31. The lowest BCUT2D eigenvalue weighted by Crippen LogP contribution is -2.45. The Bertz CT molecular complexity index is 1320. The minimum Gasteiger partial charge on any atom is -0.493 e. The Morgan fingerprint density at radius 1 is 1.18 bits per heavy atom. The first-order valence-corrected chi connectivity index (χ1v) is 13.0. The SMILES string of the molecule is CCOC(=O)C(C)N1CCOc2c1cc(C(=O)CN1Cc3cc(OC)c(OC)c(F)c3C1=N)cc2C(C)(C)C. The zero-order valence-corrected chi connectivity index (χ0v) is 23.6. The van der Waals surface area contributed by atoms with Gasteiger partial charge in [0.1, 0.15) is 24.2 Å². The minimum absolute atomic E-state index is 0.0745. The van der Waals surface area contributed by atoms with E-state index in [2.05, 4.69) is 0 Å². The van der Waals surface area contributed by atoms with Crippen molar-refractivity contribution in [2.75, 3.05) is 45.4 Å². The van der Waals surface area contributed by atoms with E-state index < -0.39 is 11.9 Å². The Balaban J connectivity index is 1.69. The van der Waals surface area contributed by atoms with Crippen LogP contribution in [0.1, 0.15) is 61.7 Å². The van der Waals surface area contributed by atoms with Crippen LogP contribution in [-0.4, -0.2) is 69.1 Å². The fourth-order valence-electron chi connectivity index (χ4n) is 5.08. The van der Waals surface area contributed by atoms with Crippen molar-refractivity contribution in [3.8, 4) is 17.2 Å². The zero-order chi connectivity index (χ0) is 28.6. The number of Topliss-reactive ketones (excluding diaryl/α,β-unsaturated/α-hetero) is 1. The molecule has 2 aliphatic rings. The molecule has 0 aromatic heterocycles. The van der Waals surface area contributed by atoms with Crippen LogP contribution < -0.4 is 19.1 Å². The number of carbonyl (C=O) groups is 2. The van der Waals surface area contributed by atoms with Crippen molar-refractivity contribution >= 4 is 23.3 Å². The van der Waals surface area contributed by atoms with Gasteiger partial charge in [-0.05, 0) is 43.0 Å². The van der Waals surface area contributed by atoms with E-state index in [-0.39, 0.29) is 59.8 Å². The summed E-state index contributed by atoms with van der Waals surface area (Å²) in [6, 6.07) is 4.62. The number of methoxy groups -OCH3 is 2. The number of nitrogens with one attached hydrogen (secondary N) is 1. The number of nitrogens with zero attached hydrogens (tertiary/aromatic N) is 2. The first-order valence-electron chi connectivity index (χ1n) is 13.0. The van der Waals surface area contributed by atoms with Crippen LogP contribution in [0.2, 0.25) is 0 Å². The second-order valence-electron chi connectivity index (χ2n) is 10.7. The molecule has 39 heavy (non-hydrogen) atoms. The molecule has 4 rings (SSSR count). The van der Waals surface area contributed by atoms with Gasteiger partial charge in [0.25, 0.3) is 0 Å². The summed E-state index contributed by atoms with van der Waals surface area (Å²) in [5.74, 6) is -0.568. The van der Waals surface area contributed by atoms with Crippen LogP contribution in [0.25, 0.3) is 0 Å². The van der Waals surface area contributed by atoms with Gasteiger partial charge < -0.3 is 28.7 Å². The molecule has 0 fully saturated rings. The normalized spacial score (nSPS) is 15.3. The lowest BCUT2D eigenvalue weighted by molar-refractivity contribution is -0.144. The van der Waals surface area contributed by atoms with Crippen LogP contribution in [0.15, 0.2) is 18.2 Å². The van der Waals surface area contributed by atoms with Gasteiger partial charge in [0, 0.05) is 17.7 Å². The number of rotatable bonds is 8. The number of carbonyl (C=O) groups excluding carboxylic acids is 2.